The van der Waals surface area contributed by atoms with Crippen LogP contribution in [0, 0.1) is 5.92 Å². The summed E-state index contributed by atoms with van der Waals surface area (Å²) >= 11 is 0. The lowest BCUT2D eigenvalue weighted by Crippen LogP contribution is -2.59. The van der Waals surface area contributed by atoms with Crippen LogP contribution in [0.5, 0.6) is 6.01 Å². The van der Waals surface area contributed by atoms with Crippen LogP contribution in [-0.4, -0.2) is 58.6 Å². The van der Waals surface area contributed by atoms with Gasteiger partial charge in [0.15, 0.2) is 5.78 Å². The van der Waals surface area contributed by atoms with Gasteiger partial charge in [-0.25, -0.2) is 14.8 Å². The molecule has 8 nitrogen and oxygen atoms in total. The summed E-state index contributed by atoms with van der Waals surface area (Å²) in [7, 11) is 0. The van der Waals surface area contributed by atoms with Crippen LogP contribution >= 0.6 is 0 Å². The lowest BCUT2D eigenvalue weighted by atomic mass is 9.81. The molecule has 30 heavy (non-hydrogen) atoms. The number of amides is 1. The number of carbonyl (C=O) groups is 2. The van der Waals surface area contributed by atoms with Crippen molar-refractivity contribution in [3.05, 3.63) is 53.9 Å². The molecule has 8 heteroatoms. The molecule has 2 atom stereocenters. The highest BCUT2D eigenvalue weighted by atomic mass is 16.6. The third-order valence-corrected chi connectivity index (χ3v) is 5.49. The summed E-state index contributed by atoms with van der Waals surface area (Å²) < 4.78 is 16.4. The fourth-order valence-corrected chi connectivity index (χ4v) is 4.10. The van der Waals surface area contributed by atoms with Gasteiger partial charge in [-0.3, -0.25) is 9.69 Å². The number of ether oxygens (including phenoxy) is 3. The lowest BCUT2D eigenvalue weighted by molar-refractivity contribution is -0.0755. The van der Waals surface area contributed by atoms with Gasteiger partial charge in [0.05, 0.1) is 37.5 Å². The Balaban J connectivity index is 1.40. The van der Waals surface area contributed by atoms with Gasteiger partial charge < -0.3 is 14.2 Å². The number of piperidine rings is 1. The number of rotatable bonds is 6. The number of Topliss-reactive ketones (excluding diaryl/α,β-unsaturated/α-hetero) is 1. The quantitative estimate of drug-likeness (QED) is 0.675. The minimum atomic E-state index is -0.354. The van der Waals surface area contributed by atoms with Crippen LogP contribution in [0.15, 0.2) is 42.7 Å². The molecule has 2 aromatic rings. The van der Waals surface area contributed by atoms with Crippen molar-refractivity contribution in [3.8, 4) is 6.01 Å². The van der Waals surface area contributed by atoms with Gasteiger partial charge in [0.25, 0.3) is 0 Å². The van der Waals surface area contributed by atoms with Crippen molar-refractivity contribution in [2.75, 3.05) is 19.8 Å². The van der Waals surface area contributed by atoms with E-state index in [1.165, 1.54) is 12.4 Å². The molecule has 1 aromatic carbocycles. The molecule has 1 amide bonds. The maximum Gasteiger partial charge on any atom is 0.410 e. The summed E-state index contributed by atoms with van der Waals surface area (Å²) in [5.74, 6) is -0.212. The van der Waals surface area contributed by atoms with E-state index in [4.69, 9.17) is 14.2 Å². The predicted octanol–water partition coefficient (Wildman–Crippen LogP) is 2.87. The van der Waals surface area contributed by atoms with Gasteiger partial charge in [0.2, 0.25) is 0 Å². The van der Waals surface area contributed by atoms with Gasteiger partial charge in [0.1, 0.15) is 6.61 Å². The average Bonchev–Trinajstić information content (AvgIpc) is 2.77. The monoisotopic (exact) mass is 411 g/mol. The normalized spacial score (nSPS) is 23.0. The summed E-state index contributed by atoms with van der Waals surface area (Å²) in [5.41, 5.74) is 1.40. The molecule has 2 aliphatic heterocycles. The van der Waals surface area contributed by atoms with Crippen LogP contribution < -0.4 is 4.74 Å². The Morgan fingerprint density at radius 3 is 2.40 bits per heavy atom. The average molecular weight is 411 g/mol. The minimum Gasteiger partial charge on any atom is -0.464 e. The Morgan fingerprint density at radius 1 is 1.10 bits per heavy atom. The molecule has 0 N–H and O–H groups in total. The van der Waals surface area contributed by atoms with E-state index in [0.29, 0.717) is 38.2 Å². The molecule has 0 aliphatic carbocycles. The first-order valence-corrected chi connectivity index (χ1v) is 10.2. The molecule has 158 valence electrons. The van der Waals surface area contributed by atoms with Gasteiger partial charge in [-0.15, -0.1) is 0 Å². The van der Waals surface area contributed by atoms with Gasteiger partial charge >= 0.3 is 12.1 Å². The number of fused-ring (bicyclic) bond motifs is 2. The number of benzene rings is 1. The van der Waals surface area contributed by atoms with Crippen LogP contribution in [0.4, 0.5) is 4.79 Å². The first-order chi connectivity index (χ1) is 14.7. The molecule has 0 spiro atoms. The van der Waals surface area contributed by atoms with Crippen LogP contribution in [-0.2, 0) is 16.1 Å². The van der Waals surface area contributed by atoms with Crippen LogP contribution in [0.1, 0.15) is 35.7 Å². The Morgan fingerprint density at radius 2 is 1.77 bits per heavy atom. The topological polar surface area (TPSA) is 90.9 Å². The molecule has 2 aliphatic rings. The zero-order valence-corrected chi connectivity index (χ0v) is 16.9. The first kappa shape index (κ1) is 20.3. The Hall–Kier alpha value is -3.00. The maximum absolute atomic E-state index is 13.0. The lowest BCUT2D eigenvalue weighted by Gasteiger charge is -2.47. The molecule has 1 aromatic heterocycles. The van der Waals surface area contributed by atoms with Crippen molar-refractivity contribution in [1.29, 1.82) is 0 Å². The Kier molecular flexibility index (Phi) is 6.23. The number of carbonyl (C=O) groups excluding carboxylic acids is 2. The fraction of sp³-hybridized carbons (Fsp3) is 0.455. The van der Waals surface area contributed by atoms with E-state index in [9.17, 15) is 9.59 Å². The van der Waals surface area contributed by atoms with Gasteiger partial charge in [-0.1, -0.05) is 30.3 Å². The van der Waals surface area contributed by atoms with Crippen LogP contribution in [0.25, 0.3) is 0 Å². The van der Waals surface area contributed by atoms with E-state index in [1.807, 2.05) is 37.3 Å². The van der Waals surface area contributed by atoms with E-state index in [2.05, 4.69) is 9.97 Å². The number of aromatic nitrogens is 2. The molecule has 2 fully saturated rings. The standard InChI is InChI=1S/C22H25N3O5/c1-2-29-21-23-10-17(11-24-21)20(26)16-8-18-13-28-14-19(9-16)25(18)22(27)30-12-15-6-4-3-5-7-15/h3-7,10-11,16,18-19H,2,8-9,12-14H2,1H3. The Labute approximate surface area is 175 Å². The third kappa shape index (κ3) is 4.43. The molecule has 3 heterocycles. The summed E-state index contributed by atoms with van der Waals surface area (Å²) in [6.07, 6.45) is 3.72. The number of nitrogens with zero attached hydrogens (tertiary/aromatic N) is 3. The summed E-state index contributed by atoms with van der Waals surface area (Å²) in [6, 6.07) is 9.47. The van der Waals surface area contributed by atoms with Crippen LogP contribution in [0.2, 0.25) is 0 Å². The van der Waals surface area contributed by atoms with Gasteiger partial charge in [-0.2, -0.15) is 0 Å². The largest absolute Gasteiger partial charge is 0.464 e. The SMILES string of the molecule is CCOc1ncc(C(=O)C2CC3COCC(C2)N3C(=O)OCc2ccccc2)cn1. The summed E-state index contributed by atoms with van der Waals surface area (Å²) in [5, 5.41) is 0. The molecule has 2 unspecified atom stereocenters. The van der Waals surface area contributed by atoms with E-state index < -0.39 is 0 Å². The summed E-state index contributed by atoms with van der Waals surface area (Å²) in [4.78, 5) is 35.7. The van der Waals surface area contributed by atoms with Crippen LogP contribution in [0.3, 0.4) is 0 Å². The zero-order valence-electron chi connectivity index (χ0n) is 16.9. The smallest absolute Gasteiger partial charge is 0.410 e. The molecule has 0 saturated carbocycles. The predicted molar refractivity (Wildman–Crippen MR) is 107 cm³/mol. The van der Waals surface area contributed by atoms with Crippen molar-refractivity contribution in [1.82, 2.24) is 14.9 Å². The van der Waals surface area contributed by atoms with Crippen molar-refractivity contribution < 1.29 is 23.8 Å². The molecule has 4 rings (SSSR count). The van der Waals surface area contributed by atoms with Crippen molar-refractivity contribution in [3.63, 3.8) is 0 Å². The highest BCUT2D eigenvalue weighted by molar-refractivity contribution is 5.97. The zero-order chi connectivity index (χ0) is 20.9. The van der Waals surface area contributed by atoms with E-state index in [0.717, 1.165) is 5.56 Å². The molecule has 2 bridgehead atoms. The van der Waals surface area contributed by atoms with Crippen molar-refractivity contribution in [2.45, 2.75) is 38.5 Å². The second-order valence-corrected chi connectivity index (χ2v) is 7.51. The van der Waals surface area contributed by atoms with Crippen molar-refractivity contribution in [2.24, 2.45) is 5.92 Å². The third-order valence-electron chi connectivity index (χ3n) is 5.49. The number of ketones is 1. The van der Waals surface area contributed by atoms with Gasteiger partial charge in [0, 0.05) is 18.3 Å². The minimum absolute atomic E-state index is 0.00717. The van der Waals surface area contributed by atoms with E-state index in [-0.39, 0.29) is 42.5 Å². The van der Waals surface area contributed by atoms with Gasteiger partial charge in [-0.05, 0) is 25.3 Å². The molecule has 0 radical (unpaired) electrons. The highest BCUT2D eigenvalue weighted by Gasteiger charge is 2.44. The molecule has 2 saturated heterocycles. The van der Waals surface area contributed by atoms with Crippen molar-refractivity contribution >= 4 is 11.9 Å². The fourth-order valence-electron chi connectivity index (χ4n) is 4.10. The Bertz CT molecular complexity index is 860. The first-order valence-electron chi connectivity index (χ1n) is 10.2. The number of morpholine rings is 1. The molecular weight excluding hydrogens is 386 g/mol. The van der Waals surface area contributed by atoms with E-state index >= 15 is 0 Å². The number of hydrogen-bond donors (Lipinski definition) is 0. The highest BCUT2D eigenvalue weighted by Crippen LogP contribution is 2.34. The second kappa shape index (κ2) is 9.21. The van der Waals surface area contributed by atoms with E-state index in [1.54, 1.807) is 4.90 Å². The maximum atomic E-state index is 13.0. The number of hydrogen-bond acceptors (Lipinski definition) is 7. The summed E-state index contributed by atoms with van der Waals surface area (Å²) in [6.45, 7) is 3.35. The molecular formula is C22H25N3O5. The second-order valence-electron chi connectivity index (χ2n) is 7.51.